The minimum absolute atomic E-state index is 0.0491. The van der Waals surface area contributed by atoms with Crippen LogP contribution in [0.4, 0.5) is 11.4 Å². The summed E-state index contributed by atoms with van der Waals surface area (Å²) in [4.78, 5) is 10.6. The van der Waals surface area contributed by atoms with E-state index in [2.05, 4.69) is 5.32 Å². The number of hydrogen-bond donors (Lipinski definition) is 1. The molecule has 1 rings (SSSR count). The minimum Gasteiger partial charge on any atom is -0.380 e. The molecule has 0 bridgehead atoms. The Labute approximate surface area is 123 Å². The number of thioether (sulfide) groups is 1. The van der Waals surface area contributed by atoms with Crippen molar-refractivity contribution in [3.05, 3.63) is 33.9 Å². The summed E-state index contributed by atoms with van der Waals surface area (Å²) in [6.45, 7) is 2.46. The molecule has 0 unspecified atom stereocenters. The second-order valence-corrected chi connectivity index (χ2v) is 7.65. The van der Waals surface area contributed by atoms with Crippen LogP contribution >= 0.6 is 11.8 Å². The molecule has 0 aliphatic heterocycles. The zero-order valence-electron chi connectivity index (χ0n) is 11.5. The molecule has 0 heterocycles. The van der Waals surface area contributed by atoms with Crippen molar-refractivity contribution < 1.29 is 13.3 Å². The van der Waals surface area contributed by atoms with E-state index in [0.717, 1.165) is 5.56 Å². The quantitative estimate of drug-likeness (QED) is 0.449. The van der Waals surface area contributed by atoms with E-state index in [1.807, 2.05) is 13.0 Å². The second-order valence-electron chi connectivity index (χ2n) is 4.28. The maximum Gasteiger partial charge on any atom is 0.292 e. The van der Waals surface area contributed by atoms with Gasteiger partial charge in [-0.15, -0.1) is 0 Å². The summed E-state index contributed by atoms with van der Waals surface area (Å²) in [5.41, 5.74) is 1.39. The van der Waals surface area contributed by atoms with Crippen LogP contribution in [0.2, 0.25) is 0 Å². The summed E-state index contributed by atoms with van der Waals surface area (Å²) < 4.78 is 22.1. The number of nitro groups is 1. The van der Waals surface area contributed by atoms with Crippen LogP contribution in [0.5, 0.6) is 0 Å². The zero-order chi connectivity index (χ0) is 15.2. The third-order valence-corrected chi connectivity index (χ3v) is 4.75. The van der Waals surface area contributed by atoms with Crippen LogP contribution in [0.1, 0.15) is 12.5 Å². The lowest BCUT2D eigenvalue weighted by Gasteiger charge is -2.10. The summed E-state index contributed by atoms with van der Waals surface area (Å²) in [5, 5.41) is 14.0. The fourth-order valence-electron chi connectivity index (χ4n) is 1.63. The number of sulfone groups is 1. The molecule has 112 valence electrons. The van der Waals surface area contributed by atoms with Gasteiger partial charge in [0.15, 0.2) is 0 Å². The van der Waals surface area contributed by atoms with Crippen LogP contribution in [-0.4, -0.2) is 37.6 Å². The molecule has 0 aromatic heterocycles. The van der Waals surface area contributed by atoms with Gasteiger partial charge in [0, 0.05) is 30.4 Å². The summed E-state index contributed by atoms with van der Waals surface area (Å²) >= 11 is 1.45. The molecule has 1 aromatic carbocycles. The lowest BCUT2D eigenvalue weighted by molar-refractivity contribution is -0.384. The van der Waals surface area contributed by atoms with Gasteiger partial charge in [0.05, 0.1) is 10.7 Å². The molecule has 6 nitrogen and oxygen atoms in total. The van der Waals surface area contributed by atoms with Gasteiger partial charge >= 0.3 is 0 Å². The lowest BCUT2D eigenvalue weighted by Crippen LogP contribution is -2.06. The van der Waals surface area contributed by atoms with E-state index in [-0.39, 0.29) is 11.4 Å². The number of rotatable bonds is 8. The van der Waals surface area contributed by atoms with Gasteiger partial charge in [0.1, 0.15) is 15.5 Å². The third-order valence-electron chi connectivity index (χ3n) is 2.54. The fraction of sp³-hybridized carbons (Fsp3) is 0.500. The molecule has 0 spiro atoms. The summed E-state index contributed by atoms with van der Waals surface area (Å²) in [7, 11) is -2.97. The van der Waals surface area contributed by atoms with Crippen LogP contribution in [0.25, 0.3) is 0 Å². The van der Waals surface area contributed by atoms with Crippen LogP contribution in [-0.2, 0) is 15.6 Å². The lowest BCUT2D eigenvalue weighted by atomic mass is 10.1. The Hall–Kier alpha value is -1.28. The Bertz CT molecular complexity index is 573. The number of anilines is 1. The molecule has 0 atom stereocenters. The van der Waals surface area contributed by atoms with Gasteiger partial charge in [-0.05, 0) is 12.5 Å². The van der Waals surface area contributed by atoms with Gasteiger partial charge in [-0.2, -0.15) is 11.8 Å². The van der Waals surface area contributed by atoms with Crippen molar-refractivity contribution in [1.82, 2.24) is 0 Å². The van der Waals surface area contributed by atoms with E-state index >= 15 is 0 Å². The highest BCUT2D eigenvalue weighted by Gasteiger charge is 2.16. The Morgan fingerprint density at radius 3 is 2.65 bits per heavy atom. The van der Waals surface area contributed by atoms with E-state index in [1.54, 1.807) is 6.07 Å². The van der Waals surface area contributed by atoms with Crippen molar-refractivity contribution >= 4 is 33.0 Å². The number of nitrogens with one attached hydrogen (secondary N) is 1. The molecule has 0 radical (unpaired) electrons. The van der Waals surface area contributed by atoms with Crippen molar-refractivity contribution in [3.63, 3.8) is 0 Å². The molecule has 8 heteroatoms. The highest BCUT2D eigenvalue weighted by Crippen LogP contribution is 2.30. The molecule has 20 heavy (non-hydrogen) atoms. The highest BCUT2D eigenvalue weighted by molar-refractivity contribution is 7.99. The molecule has 0 saturated heterocycles. The molecule has 0 saturated carbocycles. The minimum atomic E-state index is -2.97. The number of nitro benzene ring substituents is 1. The zero-order valence-corrected chi connectivity index (χ0v) is 13.1. The smallest absolute Gasteiger partial charge is 0.292 e. The van der Waals surface area contributed by atoms with Gasteiger partial charge in [-0.25, -0.2) is 8.42 Å². The highest BCUT2D eigenvalue weighted by atomic mass is 32.2. The first kappa shape index (κ1) is 16.8. The first-order valence-corrected chi connectivity index (χ1v) is 9.32. The summed E-state index contributed by atoms with van der Waals surface area (Å²) in [6, 6.07) is 4.92. The van der Waals surface area contributed by atoms with Crippen molar-refractivity contribution in [3.8, 4) is 0 Å². The Balaban J connectivity index is 2.78. The molecule has 0 aliphatic carbocycles. The maximum absolute atomic E-state index is 11.0. The SMILES string of the molecule is CCNc1c(CSCCS(C)(=O)=O)cccc1[N+](=O)[O-]. The second kappa shape index (κ2) is 7.49. The van der Waals surface area contributed by atoms with Gasteiger partial charge in [0.25, 0.3) is 5.69 Å². The Morgan fingerprint density at radius 2 is 2.10 bits per heavy atom. The average molecular weight is 318 g/mol. The van der Waals surface area contributed by atoms with E-state index in [0.29, 0.717) is 23.7 Å². The molecule has 1 aromatic rings. The van der Waals surface area contributed by atoms with Crippen LogP contribution in [0.3, 0.4) is 0 Å². The number of para-hydroxylation sites is 1. The van der Waals surface area contributed by atoms with Crippen LogP contribution in [0, 0.1) is 10.1 Å². The monoisotopic (exact) mass is 318 g/mol. The molecule has 0 fully saturated rings. The molecule has 0 amide bonds. The summed E-state index contributed by atoms with van der Waals surface area (Å²) in [6.07, 6.45) is 1.20. The molecular weight excluding hydrogens is 300 g/mol. The first-order valence-electron chi connectivity index (χ1n) is 6.10. The van der Waals surface area contributed by atoms with Crippen molar-refractivity contribution in [2.75, 3.05) is 29.6 Å². The van der Waals surface area contributed by atoms with Crippen molar-refractivity contribution in [1.29, 1.82) is 0 Å². The largest absolute Gasteiger partial charge is 0.380 e. The third kappa shape index (κ3) is 5.38. The van der Waals surface area contributed by atoms with E-state index in [4.69, 9.17) is 0 Å². The van der Waals surface area contributed by atoms with E-state index in [9.17, 15) is 18.5 Å². The topological polar surface area (TPSA) is 89.3 Å². The molecular formula is C12H18N2O4S2. The average Bonchev–Trinajstić information content (AvgIpc) is 2.35. The van der Waals surface area contributed by atoms with E-state index in [1.165, 1.54) is 24.1 Å². The molecule has 0 aliphatic rings. The van der Waals surface area contributed by atoms with Crippen molar-refractivity contribution in [2.24, 2.45) is 0 Å². The van der Waals surface area contributed by atoms with Gasteiger partial charge in [-0.1, -0.05) is 12.1 Å². The van der Waals surface area contributed by atoms with Gasteiger partial charge < -0.3 is 5.32 Å². The number of nitrogens with zero attached hydrogens (tertiary/aromatic N) is 1. The maximum atomic E-state index is 11.0. The normalized spacial score (nSPS) is 11.3. The number of benzene rings is 1. The first-order chi connectivity index (χ1) is 9.35. The number of hydrogen-bond acceptors (Lipinski definition) is 6. The Kier molecular flexibility index (Phi) is 6.28. The van der Waals surface area contributed by atoms with Gasteiger partial charge in [-0.3, -0.25) is 10.1 Å². The van der Waals surface area contributed by atoms with Gasteiger partial charge in [0.2, 0.25) is 0 Å². The predicted molar refractivity (Wildman–Crippen MR) is 83.1 cm³/mol. The fourth-order valence-corrected chi connectivity index (χ4v) is 3.92. The predicted octanol–water partition coefficient (Wildman–Crippen LogP) is 2.30. The standard InChI is InChI=1S/C12H18N2O4S2/c1-3-13-12-10(5-4-6-11(12)14(15)16)9-19-7-8-20(2,17)18/h4-6,13H,3,7-9H2,1-2H3. The van der Waals surface area contributed by atoms with E-state index < -0.39 is 14.8 Å². The van der Waals surface area contributed by atoms with Crippen LogP contribution < -0.4 is 5.32 Å². The Morgan fingerprint density at radius 1 is 1.40 bits per heavy atom. The van der Waals surface area contributed by atoms with Crippen molar-refractivity contribution in [2.45, 2.75) is 12.7 Å². The summed E-state index contributed by atoms with van der Waals surface area (Å²) in [5.74, 6) is 1.13. The molecule has 1 N–H and O–H groups in total. The van der Waals surface area contributed by atoms with Crippen LogP contribution in [0.15, 0.2) is 18.2 Å².